The number of amides is 1. The number of Topliss-reactive ketones (excluding diaryl/α,β-unsaturated/α-hetero) is 1. The molecule has 0 spiro atoms. The Morgan fingerprint density at radius 3 is 2.39 bits per heavy atom. The van der Waals surface area contributed by atoms with Gasteiger partial charge >= 0.3 is 5.95 Å². The van der Waals surface area contributed by atoms with Crippen LogP contribution in [0.25, 0.3) is 32.6 Å². The minimum Gasteiger partial charge on any atom is -0.451 e. The zero-order valence-electron chi connectivity index (χ0n) is 22.0. The number of ketones is 1. The predicted molar refractivity (Wildman–Crippen MR) is 147 cm³/mol. The number of nitrogens with one attached hydrogen (secondary N) is 1. The number of rotatable bonds is 7. The lowest BCUT2D eigenvalue weighted by Gasteiger charge is -2.39. The molecule has 2 aromatic carbocycles. The number of terminal acetylenes is 1. The molecular formula is C31H25F2N5O3. The summed E-state index contributed by atoms with van der Waals surface area (Å²) in [5.74, 6) is -1.06. The van der Waals surface area contributed by atoms with Gasteiger partial charge in [-0.25, -0.2) is 8.78 Å². The molecule has 0 bridgehead atoms. The maximum Gasteiger partial charge on any atom is 0.393 e. The highest BCUT2D eigenvalue weighted by Gasteiger charge is 2.52. The van der Waals surface area contributed by atoms with Crippen molar-refractivity contribution in [3.8, 4) is 29.2 Å². The number of furan rings is 1. The number of halogens is 2. The lowest BCUT2D eigenvalue weighted by atomic mass is 9.74. The first-order chi connectivity index (χ1) is 19.6. The number of alkyl halides is 2. The molecule has 0 atom stereocenters. The van der Waals surface area contributed by atoms with E-state index in [-0.39, 0.29) is 36.8 Å². The SMILES string of the molecule is [C-]#[N+]c1ncn(-c2ccc(-c3ccc4cc(C(=O)NC5(C(=O)CC6(C#C)CC6)CCC(F)(F)CC5)oc4c3)cc2)n1. The van der Waals surface area contributed by atoms with Crippen molar-refractivity contribution in [1.29, 1.82) is 0 Å². The van der Waals surface area contributed by atoms with Crippen LogP contribution in [0.5, 0.6) is 0 Å². The van der Waals surface area contributed by atoms with E-state index in [1.54, 1.807) is 12.1 Å². The molecule has 41 heavy (non-hydrogen) atoms. The maximum absolute atomic E-state index is 14.0. The molecule has 1 N–H and O–H groups in total. The molecule has 0 unspecified atom stereocenters. The first kappa shape index (κ1) is 26.4. The second-order valence-corrected chi connectivity index (χ2v) is 10.9. The van der Waals surface area contributed by atoms with Gasteiger partial charge < -0.3 is 14.6 Å². The quantitative estimate of drug-likeness (QED) is 0.215. The van der Waals surface area contributed by atoms with E-state index in [1.165, 1.54) is 11.0 Å². The number of aromatic nitrogens is 3. The molecule has 2 aromatic heterocycles. The zero-order valence-corrected chi connectivity index (χ0v) is 22.0. The van der Waals surface area contributed by atoms with Crippen LogP contribution in [0.15, 0.2) is 59.3 Å². The minimum absolute atomic E-state index is 0.00288. The lowest BCUT2D eigenvalue weighted by molar-refractivity contribution is -0.131. The van der Waals surface area contributed by atoms with Crippen LogP contribution >= 0.6 is 0 Å². The molecule has 0 aliphatic heterocycles. The van der Waals surface area contributed by atoms with E-state index in [0.717, 1.165) is 16.8 Å². The monoisotopic (exact) mass is 553 g/mol. The molecule has 0 radical (unpaired) electrons. The summed E-state index contributed by atoms with van der Waals surface area (Å²) in [6, 6.07) is 14.6. The Hall–Kier alpha value is -4.83. The Labute approximate surface area is 234 Å². The summed E-state index contributed by atoms with van der Waals surface area (Å²) in [5.41, 5.74) is 1.01. The largest absolute Gasteiger partial charge is 0.451 e. The van der Waals surface area contributed by atoms with Gasteiger partial charge in [0.15, 0.2) is 17.9 Å². The highest BCUT2D eigenvalue weighted by Crippen LogP contribution is 2.50. The summed E-state index contributed by atoms with van der Waals surface area (Å²) in [6.45, 7) is 7.01. The van der Waals surface area contributed by atoms with Gasteiger partial charge in [0.1, 0.15) is 5.58 Å². The average molecular weight is 554 g/mol. The molecule has 206 valence electrons. The second kappa shape index (κ2) is 9.67. The standard InChI is InChI=1S/C31H25F2N5O3/c1-3-29(10-11-29)18-26(39)30(12-14-31(32,33)15-13-30)36-27(40)25-17-22-5-4-21(16-24(22)41-25)20-6-8-23(9-7-20)38-19-35-28(34-2)37-38/h1,4-9,16-17,19H,10-15,18H2,(H,36,40). The van der Waals surface area contributed by atoms with Crippen LogP contribution in [0, 0.1) is 24.3 Å². The van der Waals surface area contributed by atoms with Crippen LogP contribution in [0.1, 0.15) is 55.5 Å². The van der Waals surface area contributed by atoms with Crippen molar-refractivity contribution in [3.63, 3.8) is 0 Å². The normalized spacial score (nSPS) is 18.2. The molecule has 2 fully saturated rings. The van der Waals surface area contributed by atoms with Crippen molar-refractivity contribution < 1.29 is 22.8 Å². The van der Waals surface area contributed by atoms with E-state index in [1.807, 2.05) is 36.4 Å². The zero-order chi connectivity index (χ0) is 28.8. The van der Waals surface area contributed by atoms with Crippen LogP contribution in [-0.4, -0.2) is 37.9 Å². The van der Waals surface area contributed by atoms with Gasteiger partial charge in [0.05, 0.1) is 11.2 Å². The Kier molecular flexibility index (Phi) is 6.22. The molecular weight excluding hydrogens is 528 g/mol. The molecule has 0 saturated heterocycles. The third-order valence-electron chi connectivity index (χ3n) is 8.17. The molecule has 1 amide bonds. The summed E-state index contributed by atoms with van der Waals surface area (Å²) in [7, 11) is 0. The van der Waals surface area contributed by atoms with E-state index in [2.05, 4.69) is 26.2 Å². The topological polar surface area (TPSA) is 94.4 Å². The number of benzene rings is 2. The van der Waals surface area contributed by atoms with E-state index in [0.29, 0.717) is 23.8 Å². The van der Waals surface area contributed by atoms with E-state index in [9.17, 15) is 18.4 Å². The first-order valence-corrected chi connectivity index (χ1v) is 13.3. The molecule has 8 nitrogen and oxygen atoms in total. The van der Waals surface area contributed by atoms with Crippen molar-refractivity contribution in [2.75, 3.05) is 0 Å². The smallest absolute Gasteiger partial charge is 0.393 e. The van der Waals surface area contributed by atoms with Gasteiger partial charge in [-0.2, -0.15) is 4.68 Å². The van der Waals surface area contributed by atoms with E-state index in [4.69, 9.17) is 17.4 Å². The number of nitrogens with zero attached hydrogens (tertiary/aromatic N) is 4. The third kappa shape index (κ3) is 5.09. The molecule has 2 heterocycles. The Balaban J connectivity index is 1.22. The summed E-state index contributed by atoms with van der Waals surface area (Å²) >= 11 is 0. The van der Waals surface area contributed by atoms with Gasteiger partial charge in [-0.1, -0.05) is 35.3 Å². The highest BCUT2D eigenvalue weighted by atomic mass is 19.3. The minimum atomic E-state index is -2.87. The maximum atomic E-state index is 14.0. The number of hydrogen-bond acceptors (Lipinski definition) is 5. The van der Waals surface area contributed by atoms with Crippen molar-refractivity contribution in [1.82, 2.24) is 20.1 Å². The Morgan fingerprint density at radius 1 is 1.05 bits per heavy atom. The molecule has 4 aromatic rings. The van der Waals surface area contributed by atoms with Gasteiger partial charge in [0, 0.05) is 30.1 Å². The first-order valence-electron chi connectivity index (χ1n) is 13.3. The third-order valence-corrected chi connectivity index (χ3v) is 8.17. The summed E-state index contributed by atoms with van der Waals surface area (Å²) in [6.07, 6.45) is 7.32. The van der Waals surface area contributed by atoms with Gasteiger partial charge in [0.25, 0.3) is 5.91 Å². The molecule has 10 heteroatoms. The van der Waals surface area contributed by atoms with Gasteiger partial charge in [0.2, 0.25) is 5.92 Å². The van der Waals surface area contributed by atoms with Gasteiger partial charge in [-0.05, 0) is 61.1 Å². The summed E-state index contributed by atoms with van der Waals surface area (Å²) in [4.78, 5) is 33.9. The van der Waals surface area contributed by atoms with Crippen molar-refractivity contribution in [2.24, 2.45) is 5.41 Å². The van der Waals surface area contributed by atoms with E-state index < -0.39 is 35.6 Å². The lowest BCUT2D eigenvalue weighted by Crippen LogP contribution is -2.58. The van der Waals surface area contributed by atoms with Crippen LogP contribution in [0.4, 0.5) is 14.7 Å². The molecule has 2 aliphatic rings. The number of carbonyl (C=O) groups is 2. The second-order valence-electron chi connectivity index (χ2n) is 10.9. The van der Waals surface area contributed by atoms with Crippen LogP contribution in [0.3, 0.4) is 0 Å². The van der Waals surface area contributed by atoms with Crippen LogP contribution in [-0.2, 0) is 4.79 Å². The number of fused-ring (bicyclic) bond motifs is 1. The fourth-order valence-corrected chi connectivity index (χ4v) is 5.35. The average Bonchev–Trinajstić information content (AvgIpc) is 3.37. The fourth-order valence-electron chi connectivity index (χ4n) is 5.35. The predicted octanol–water partition coefficient (Wildman–Crippen LogP) is 6.28. The van der Waals surface area contributed by atoms with Crippen LogP contribution < -0.4 is 5.32 Å². The fraction of sp³-hybridized carbons (Fsp3) is 0.323. The molecule has 2 aliphatic carbocycles. The summed E-state index contributed by atoms with van der Waals surface area (Å²) in [5, 5.41) is 7.55. The highest BCUT2D eigenvalue weighted by molar-refractivity contribution is 6.01. The number of carbonyl (C=O) groups excluding carboxylic acids is 2. The van der Waals surface area contributed by atoms with Crippen molar-refractivity contribution >= 4 is 28.6 Å². The van der Waals surface area contributed by atoms with Gasteiger partial charge in [-0.3, -0.25) is 9.59 Å². The Bertz CT molecular complexity index is 1740. The van der Waals surface area contributed by atoms with Crippen LogP contribution in [0.2, 0.25) is 0 Å². The molecule has 2 saturated carbocycles. The van der Waals surface area contributed by atoms with E-state index >= 15 is 0 Å². The molecule has 6 rings (SSSR count). The Morgan fingerprint density at radius 2 is 1.76 bits per heavy atom. The van der Waals surface area contributed by atoms with Crippen molar-refractivity contribution in [3.05, 3.63) is 72.0 Å². The van der Waals surface area contributed by atoms with Crippen molar-refractivity contribution in [2.45, 2.75) is 56.4 Å². The number of hydrogen-bond donors (Lipinski definition) is 1. The van der Waals surface area contributed by atoms with Gasteiger partial charge in [-0.15, -0.1) is 18.0 Å². The summed E-state index contributed by atoms with van der Waals surface area (Å²) < 4.78 is 35.5.